The van der Waals surface area contributed by atoms with Crippen LogP contribution in [-0.4, -0.2) is 44.5 Å². The number of aliphatic carboxylic acids is 1. The number of ether oxygens (including phenoxy) is 2. The van der Waals surface area contributed by atoms with Gasteiger partial charge >= 0.3 is 5.97 Å². The minimum atomic E-state index is -1.99. The molecule has 2 aliphatic rings. The predicted molar refractivity (Wildman–Crippen MR) is 77.0 cm³/mol. The lowest BCUT2D eigenvalue weighted by Gasteiger charge is -2.41. The van der Waals surface area contributed by atoms with E-state index in [2.05, 4.69) is 33.9 Å². The molecule has 1 fully saturated rings. The number of carbonyl (C=O) groups is 1. The molecule has 0 aromatic heterocycles. The highest BCUT2D eigenvalue weighted by Crippen LogP contribution is 2.40. The van der Waals surface area contributed by atoms with Crippen LogP contribution in [0.4, 0.5) is 0 Å². The Labute approximate surface area is 121 Å². The second-order valence-corrected chi connectivity index (χ2v) is 11.8. The second-order valence-electron chi connectivity index (χ2n) is 7.00. The average Bonchev–Trinajstić information content (AvgIpc) is 2.74. The molecule has 0 amide bonds. The van der Waals surface area contributed by atoms with Gasteiger partial charge in [-0.2, -0.15) is 0 Å². The molecule has 20 heavy (non-hydrogen) atoms. The van der Waals surface area contributed by atoms with Gasteiger partial charge in [-0.25, -0.2) is 4.79 Å². The largest absolute Gasteiger partial charge is 0.478 e. The van der Waals surface area contributed by atoms with E-state index in [0.717, 1.165) is 0 Å². The molecule has 0 bridgehead atoms. The zero-order valence-corrected chi connectivity index (χ0v) is 13.8. The first kappa shape index (κ1) is 15.7. The lowest BCUT2D eigenvalue weighted by molar-refractivity contribution is -0.133. The highest BCUT2D eigenvalue weighted by atomic mass is 28.4. The Morgan fingerprint density at radius 1 is 1.40 bits per heavy atom. The molecule has 0 radical (unpaired) electrons. The van der Waals surface area contributed by atoms with Crippen LogP contribution in [-0.2, 0) is 18.7 Å². The Morgan fingerprint density at radius 2 is 2.05 bits per heavy atom. The molecular formula is C14H24O5Si. The third-order valence-electron chi connectivity index (χ3n) is 4.53. The van der Waals surface area contributed by atoms with E-state index < -0.39 is 14.3 Å². The second kappa shape index (κ2) is 5.25. The van der Waals surface area contributed by atoms with Gasteiger partial charge in [-0.15, -0.1) is 0 Å². The summed E-state index contributed by atoms with van der Waals surface area (Å²) in [4.78, 5) is 11.2. The molecular weight excluding hydrogens is 276 g/mol. The maximum Gasteiger partial charge on any atom is 0.331 e. The molecule has 3 atom stereocenters. The van der Waals surface area contributed by atoms with Crippen LogP contribution >= 0.6 is 0 Å². The van der Waals surface area contributed by atoms with Gasteiger partial charge in [-0.1, -0.05) is 20.8 Å². The highest BCUT2D eigenvalue weighted by molar-refractivity contribution is 6.74. The topological polar surface area (TPSA) is 65.0 Å². The fraction of sp³-hybridized carbons (Fsp3) is 0.786. The Kier molecular flexibility index (Phi) is 4.12. The Bertz CT molecular complexity index is 424. The van der Waals surface area contributed by atoms with Crippen LogP contribution in [0.1, 0.15) is 27.2 Å². The minimum absolute atomic E-state index is 0.0661. The summed E-state index contributed by atoms with van der Waals surface area (Å²) in [7, 11) is -1.99. The molecule has 6 heteroatoms. The van der Waals surface area contributed by atoms with Crippen LogP contribution in [0.25, 0.3) is 0 Å². The number of hydrogen-bond acceptors (Lipinski definition) is 4. The first-order valence-corrected chi connectivity index (χ1v) is 9.88. The van der Waals surface area contributed by atoms with Crippen molar-refractivity contribution in [2.75, 3.05) is 6.79 Å². The van der Waals surface area contributed by atoms with Gasteiger partial charge in [0.05, 0.1) is 12.2 Å². The van der Waals surface area contributed by atoms with Gasteiger partial charge in [-0.3, -0.25) is 0 Å². The molecule has 1 aliphatic heterocycles. The first-order chi connectivity index (χ1) is 9.12. The number of fused-ring (bicyclic) bond motifs is 1. The van der Waals surface area contributed by atoms with E-state index in [1.54, 1.807) is 6.08 Å². The lowest BCUT2D eigenvalue weighted by atomic mass is 9.92. The SMILES string of the molecule is CC(C)(C)[Si](C)(C)O[C@H]1C=C(C(=O)O)C[C@@H]2OCO[C@H]12. The van der Waals surface area contributed by atoms with Gasteiger partial charge < -0.3 is 19.0 Å². The van der Waals surface area contributed by atoms with E-state index in [0.29, 0.717) is 12.0 Å². The van der Waals surface area contributed by atoms with Crippen LogP contribution < -0.4 is 0 Å². The van der Waals surface area contributed by atoms with Crippen LogP contribution in [0.3, 0.4) is 0 Å². The molecule has 0 unspecified atom stereocenters. The summed E-state index contributed by atoms with van der Waals surface area (Å²) >= 11 is 0. The standard InChI is InChI=1S/C14H24O5Si/c1-14(2,3)20(4,5)19-11-7-9(13(15)16)6-10-12(11)18-8-17-10/h7,10-12H,6,8H2,1-5H3,(H,15,16)/t10-,11-,12-/m0/s1. The van der Waals surface area contributed by atoms with Crippen molar-refractivity contribution < 1.29 is 23.8 Å². The fourth-order valence-electron chi connectivity index (χ4n) is 2.24. The minimum Gasteiger partial charge on any atom is -0.478 e. The Balaban J connectivity index is 2.23. The summed E-state index contributed by atoms with van der Waals surface area (Å²) in [6.07, 6.45) is 1.37. The first-order valence-electron chi connectivity index (χ1n) is 6.97. The molecule has 1 N–H and O–H groups in total. The van der Waals surface area contributed by atoms with Crippen molar-refractivity contribution >= 4 is 14.3 Å². The van der Waals surface area contributed by atoms with Crippen molar-refractivity contribution in [3.8, 4) is 0 Å². The van der Waals surface area contributed by atoms with Crippen molar-refractivity contribution in [3.63, 3.8) is 0 Å². The van der Waals surface area contributed by atoms with Crippen LogP contribution in [0.15, 0.2) is 11.6 Å². The average molecular weight is 300 g/mol. The molecule has 0 aromatic rings. The van der Waals surface area contributed by atoms with Gasteiger partial charge in [0.1, 0.15) is 12.9 Å². The summed E-state index contributed by atoms with van der Waals surface area (Å²) < 4.78 is 17.4. The van der Waals surface area contributed by atoms with Gasteiger partial charge in [0, 0.05) is 12.0 Å². The third-order valence-corrected chi connectivity index (χ3v) is 9.00. The molecule has 2 rings (SSSR count). The third kappa shape index (κ3) is 2.98. The molecule has 0 aromatic carbocycles. The van der Waals surface area contributed by atoms with E-state index in [4.69, 9.17) is 13.9 Å². The Morgan fingerprint density at radius 3 is 2.60 bits per heavy atom. The number of rotatable bonds is 3. The zero-order chi connectivity index (χ0) is 15.1. The van der Waals surface area contributed by atoms with Gasteiger partial charge in [-0.05, 0) is 24.2 Å². The van der Waals surface area contributed by atoms with E-state index >= 15 is 0 Å². The maximum absolute atomic E-state index is 11.2. The van der Waals surface area contributed by atoms with E-state index in [1.807, 2.05) is 0 Å². The molecule has 1 saturated heterocycles. The van der Waals surface area contributed by atoms with Crippen LogP contribution in [0.5, 0.6) is 0 Å². The maximum atomic E-state index is 11.2. The number of carboxylic acids is 1. The summed E-state index contributed by atoms with van der Waals surface area (Å²) in [6, 6.07) is 0. The van der Waals surface area contributed by atoms with Crippen molar-refractivity contribution in [1.82, 2.24) is 0 Å². The zero-order valence-electron chi connectivity index (χ0n) is 12.8. The van der Waals surface area contributed by atoms with E-state index in [-0.39, 0.29) is 30.1 Å². The van der Waals surface area contributed by atoms with Crippen LogP contribution in [0, 0.1) is 0 Å². The van der Waals surface area contributed by atoms with Crippen molar-refractivity contribution in [2.24, 2.45) is 0 Å². The summed E-state index contributed by atoms with van der Waals surface area (Å²) in [5.74, 6) is -0.900. The molecule has 1 aliphatic carbocycles. The summed E-state index contributed by atoms with van der Waals surface area (Å²) in [6.45, 7) is 11.0. The normalized spacial score (nSPS) is 30.9. The lowest BCUT2D eigenvalue weighted by Crippen LogP contribution is -2.50. The van der Waals surface area contributed by atoms with Gasteiger partial charge in [0.15, 0.2) is 8.32 Å². The summed E-state index contributed by atoms with van der Waals surface area (Å²) in [5.41, 5.74) is 0.362. The van der Waals surface area contributed by atoms with Gasteiger partial charge in [0.2, 0.25) is 0 Å². The van der Waals surface area contributed by atoms with E-state index in [1.165, 1.54) is 0 Å². The van der Waals surface area contributed by atoms with Crippen molar-refractivity contribution in [2.45, 2.75) is 63.6 Å². The smallest absolute Gasteiger partial charge is 0.331 e. The highest BCUT2D eigenvalue weighted by Gasteiger charge is 2.46. The quantitative estimate of drug-likeness (QED) is 0.811. The number of hydrogen-bond donors (Lipinski definition) is 1. The van der Waals surface area contributed by atoms with E-state index in [9.17, 15) is 9.90 Å². The molecule has 1 heterocycles. The predicted octanol–water partition coefficient (Wildman–Crippen LogP) is 2.53. The number of carboxylic acid groups (broad SMARTS) is 1. The molecule has 114 valence electrons. The fourth-order valence-corrected chi connectivity index (χ4v) is 3.48. The van der Waals surface area contributed by atoms with Crippen molar-refractivity contribution in [1.29, 1.82) is 0 Å². The van der Waals surface area contributed by atoms with Gasteiger partial charge in [0.25, 0.3) is 0 Å². The molecule has 0 spiro atoms. The Hall–Kier alpha value is -0.693. The summed E-state index contributed by atoms with van der Waals surface area (Å²) in [5, 5.41) is 9.29. The molecule has 0 saturated carbocycles. The van der Waals surface area contributed by atoms with Crippen molar-refractivity contribution in [3.05, 3.63) is 11.6 Å². The van der Waals surface area contributed by atoms with Crippen LogP contribution in [0.2, 0.25) is 18.1 Å². The molecule has 5 nitrogen and oxygen atoms in total. The monoisotopic (exact) mass is 300 g/mol.